The number of aromatic nitrogens is 4. The first-order valence-corrected chi connectivity index (χ1v) is 7.23. The van der Waals surface area contributed by atoms with E-state index in [-0.39, 0.29) is 0 Å². The molecule has 2 heterocycles. The average Bonchev–Trinajstić information content (AvgIpc) is 2.96. The summed E-state index contributed by atoms with van der Waals surface area (Å²) in [5.74, 6) is 1.21. The normalized spacial score (nSPS) is 11.1. The summed E-state index contributed by atoms with van der Waals surface area (Å²) in [7, 11) is 4.60. The Balaban J connectivity index is 2.28. The van der Waals surface area contributed by atoms with Crippen LogP contribution in [0.15, 0.2) is 32.3 Å². The number of aromatic amines is 1. The Bertz CT molecular complexity index is 1000. The lowest BCUT2D eigenvalue weighted by Crippen LogP contribution is -2.36. The minimum absolute atomic E-state index is 0.298. The van der Waals surface area contributed by atoms with Crippen LogP contribution < -0.4 is 16.0 Å². The summed E-state index contributed by atoms with van der Waals surface area (Å²) in [4.78, 5) is 31.5. The first-order chi connectivity index (χ1) is 10.4. The largest absolute Gasteiger partial charge is 0.496 e. The van der Waals surface area contributed by atoms with E-state index in [1.807, 2.05) is 12.1 Å². The lowest BCUT2D eigenvalue weighted by molar-refractivity contribution is 0.412. The van der Waals surface area contributed by atoms with Gasteiger partial charge in [0.1, 0.15) is 17.1 Å². The van der Waals surface area contributed by atoms with Crippen molar-refractivity contribution in [2.75, 3.05) is 7.11 Å². The van der Waals surface area contributed by atoms with Crippen LogP contribution in [0.1, 0.15) is 0 Å². The van der Waals surface area contributed by atoms with Crippen molar-refractivity contribution in [1.82, 2.24) is 19.1 Å². The SMILES string of the molecule is COc1ccc(-c2nc3c([nH]2)c(=O)n(C)c(=O)n3C)cc1Br. The van der Waals surface area contributed by atoms with Gasteiger partial charge in [0.25, 0.3) is 5.56 Å². The lowest BCUT2D eigenvalue weighted by Gasteiger charge is -2.04. The first-order valence-electron chi connectivity index (χ1n) is 6.43. The summed E-state index contributed by atoms with van der Waals surface area (Å²) in [6, 6.07) is 5.45. The number of rotatable bonds is 2. The second-order valence-corrected chi connectivity index (χ2v) is 5.69. The Labute approximate surface area is 133 Å². The third-order valence-electron chi connectivity index (χ3n) is 3.52. The van der Waals surface area contributed by atoms with Crippen molar-refractivity contribution in [2.24, 2.45) is 14.1 Å². The van der Waals surface area contributed by atoms with E-state index in [0.29, 0.717) is 22.7 Å². The molecule has 114 valence electrons. The molecule has 0 spiro atoms. The maximum atomic E-state index is 12.2. The van der Waals surface area contributed by atoms with E-state index in [1.165, 1.54) is 11.6 Å². The number of hydrogen-bond acceptors (Lipinski definition) is 4. The molecule has 0 amide bonds. The van der Waals surface area contributed by atoms with Crippen molar-refractivity contribution in [1.29, 1.82) is 0 Å². The topological polar surface area (TPSA) is 81.9 Å². The van der Waals surface area contributed by atoms with Crippen LogP contribution in [-0.4, -0.2) is 26.2 Å². The third-order valence-corrected chi connectivity index (χ3v) is 4.14. The highest BCUT2D eigenvalue weighted by molar-refractivity contribution is 9.10. The standard InChI is InChI=1S/C14H13BrN4O3/c1-18-12-10(13(20)19(2)14(18)21)16-11(17-12)7-4-5-9(22-3)8(15)6-7/h4-6H,1-3H3,(H,16,17). The molecule has 7 nitrogen and oxygen atoms in total. The predicted octanol–water partition coefficient (Wildman–Crippen LogP) is 1.40. The number of nitrogens with one attached hydrogen (secondary N) is 1. The summed E-state index contributed by atoms with van der Waals surface area (Å²) >= 11 is 3.41. The molecular weight excluding hydrogens is 352 g/mol. The second-order valence-electron chi connectivity index (χ2n) is 4.84. The number of benzene rings is 1. The third kappa shape index (κ3) is 2.07. The van der Waals surface area contributed by atoms with Gasteiger partial charge in [0, 0.05) is 19.7 Å². The zero-order valence-electron chi connectivity index (χ0n) is 12.2. The van der Waals surface area contributed by atoms with Gasteiger partial charge in [-0.25, -0.2) is 9.78 Å². The zero-order valence-corrected chi connectivity index (χ0v) is 13.8. The van der Waals surface area contributed by atoms with Crippen molar-refractivity contribution in [3.05, 3.63) is 43.5 Å². The van der Waals surface area contributed by atoms with Gasteiger partial charge < -0.3 is 9.72 Å². The van der Waals surface area contributed by atoms with E-state index in [1.54, 1.807) is 20.2 Å². The molecule has 22 heavy (non-hydrogen) atoms. The molecule has 1 N–H and O–H groups in total. The average molecular weight is 365 g/mol. The summed E-state index contributed by atoms with van der Waals surface area (Å²) < 4.78 is 8.35. The van der Waals surface area contributed by atoms with Gasteiger partial charge in [-0.2, -0.15) is 0 Å². The number of halogens is 1. The van der Waals surface area contributed by atoms with E-state index in [0.717, 1.165) is 14.6 Å². The molecule has 0 saturated carbocycles. The molecule has 0 aliphatic rings. The molecule has 1 aromatic carbocycles. The fraction of sp³-hybridized carbons (Fsp3) is 0.214. The molecule has 0 bridgehead atoms. The van der Waals surface area contributed by atoms with Crippen LogP contribution >= 0.6 is 15.9 Å². The summed E-state index contributed by atoms with van der Waals surface area (Å²) in [5, 5.41) is 0. The highest BCUT2D eigenvalue weighted by Gasteiger charge is 2.15. The molecule has 0 aliphatic carbocycles. The number of ether oxygens (including phenoxy) is 1. The van der Waals surface area contributed by atoms with Gasteiger partial charge in [-0.05, 0) is 34.1 Å². The zero-order chi connectivity index (χ0) is 16.0. The van der Waals surface area contributed by atoms with Gasteiger partial charge >= 0.3 is 5.69 Å². The molecule has 2 aromatic heterocycles. The number of fused-ring (bicyclic) bond motifs is 1. The predicted molar refractivity (Wildman–Crippen MR) is 86.3 cm³/mol. The minimum Gasteiger partial charge on any atom is -0.496 e. The van der Waals surface area contributed by atoms with E-state index in [2.05, 4.69) is 25.9 Å². The number of H-pyrrole nitrogens is 1. The van der Waals surface area contributed by atoms with Crippen LogP contribution in [0.5, 0.6) is 5.75 Å². The van der Waals surface area contributed by atoms with Crippen molar-refractivity contribution in [3.8, 4) is 17.1 Å². The molecule has 0 radical (unpaired) electrons. The number of methoxy groups -OCH3 is 1. The monoisotopic (exact) mass is 364 g/mol. The van der Waals surface area contributed by atoms with Crippen LogP contribution in [-0.2, 0) is 14.1 Å². The molecule has 0 saturated heterocycles. The van der Waals surface area contributed by atoms with E-state index < -0.39 is 11.2 Å². The van der Waals surface area contributed by atoms with E-state index >= 15 is 0 Å². The van der Waals surface area contributed by atoms with Gasteiger partial charge in [0.15, 0.2) is 5.65 Å². The minimum atomic E-state index is -0.411. The fourth-order valence-corrected chi connectivity index (χ4v) is 2.82. The van der Waals surface area contributed by atoms with Crippen molar-refractivity contribution in [2.45, 2.75) is 0 Å². The fourth-order valence-electron chi connectivity index (χ4n) is 2.28. The molecule has 3 rings (SSSR count). The van der Waals surface area contributed by atoms with E-state index in [4.69, 9.17) is 4.74 Å². The molecular formula is C14H13BrN4O3. The lowest BCUT2D eigenvalue weighted by atomic mass is 10.2. The summed E-state index contributed by atoms with van der Waals surface area (Å²) in [6.07, 6.45) is 0. The van der Waals surface area contributed by atoms with Crippen LogP contribution in [0.4, 0.5) is 0 Å². The Morgan fingerprint density at radius 1 is 1.23 bits per heavy atom. The van der Waals surface area contributed by atoms with Crippen LogP contribution in [0, 0.1) is 0 Å². The number of nitrogens with zero attached hydrogens (tertiary/aromatic N) is 3. The molecule has 0 fully saturated rings. The maximum Gasteiger partial charge on any atom is 0.332 e. The molecule has 0 unspecified atom stereocenters. The molecule has 3 aromatic rings. The van der Waals surface area contributed by atoms with Gasteiger partial charge in [-0.15, -0.1) is 0 Å². The van der Waals surface area contributed by atoms with Gasteiger partial charge in [-0.3, -0.25) is 13.9 Å². The highest BCUT2D eigenvalue weighted by atomic mass is 79.9. The van der Waals surface area contributed by atoms with Crippen molar-refractivity contribution >= 4 is 27.1 Å². The maximum absolute atomic E-state index is 12.2. The first kappa shape index (κ1) is 14.6. The smallest absolute Gasteiger partial charge is 0.332 e. The molecule has 0 atom stereocenters. The molecule has 0 aliphatic heterocycles. The Morgan fingerprint density at radius 3 is 2.59 bits per heavy atom. The molecule has 8 heteroatoms. The Morgan fingerprint density at radius 2 is 1.95 bits per heavy atom. The Hall–Kier alpha value is -2.35. The summed E-state index contributed by atoms with van der Waals surface area (Å²) in [6.45, 7) is 0. The van der Waals surface area contributed by atoms with Gasteiger partial charge in [-0.1, -0.05) is 0 Å². The number of imidazole rings is 1. The second kappa shape index (κ2) is 5.13. The highest BCUT2D eigenvalue weighted by Crippen LogP contribution is 2.29. The van der Waals surface area contributed by atoms with Gasteiger partial charge in [0.2, 0.25) is 0 Å². The number of hydrogen-bond donors (Lipinski definition) is 1. The quantitative estimate of drug-likeness (QED) is 0.744. The van der Waals surface area contributed by atoms with Crippen LogP contribution in [0.25, 0.3) is 22.6 Å². The van der Waals surface area contributed by atoms with Crippen molar-refractivity contribution < 1.29 is 4.74 Å². The van der Waals surface area contributed by atoms with Crippen LogP contribution in [0.3, 0.4) is 0 Å². The summed E-state index contributed by atoms with van der Waals surface area (Å²) in [5.41, 5.74) is 0.593. The van der Waals surface area contributed by atoms with Crippen LogP contribution in [0.2, 0.25) is 0 Å². The number of aryl methyl sites for hydroxylation is 1. The van der Waals surface area contributed by atoms with E-state index in [9.17, 15) is 9.59 Å². The Kier molecular flexibility index (Phi) is 3.40. The van der Waals surface area contributed by atoms with Crippen molar-refractivity contribution in [3.63, 3.8) is 0 Å². The van der Waals surface area contributed by atoms with Gasteiger partial charge in [0.05, 0.1) is 11.6 Å².